The van der Waals surface area contributed by atoms with Gasteiger partial charge in [-0.25, -0.2) is 19.6 Å². The molecule has 2 fully saturated rings. The van der Waals surface area contributed by atoms with E-state index >= 15 is 0 Å². The van der Waals surface area contributed by atoms with Crippen molar-refractivity contribution in [3.63, 3.8) is 0 Å². The minimum absolute atomic E-state index is 0.0427. The Morgan fingerprint density at radius 1 is 0.776 bits per heavy atom. The molecule has 308 valence electrons. The molecule has 2 aliphatic carbocycles. The second kappa shape index (κ2) is 17.5. The lowest BCUT2D eigenvalue weighted by atomic mass is 9.95. The summed E-state index contributed by atoms with van der Waals surface area (Å²) in [6.45, 7) is 8.24. The van der Waals surface area contributed by atoms with Gasteiger partial charge in [0, 0.05) is 24.1 Å². The Hall–Kier alpha value is -5.66. The van der Waals surface area contributed by atoms with Gasteiger partial charge in [-0.15, -0.1) is 0 Å². The summed E-state index contributed by atoms with van der Waals surface area (Å²) in [5, 5.41) is 8.57. The van der Waals surface area contributed by atoms with Crippen LogP contribution >= 0.6 is 0 Å². The molecule has 14 heteroatoms. The highest BCUT2D eigenvalue weighted by molar-refractivity contribution is 5.87. The first kappa shape index (κ1) is 40.5. The highest BCUT2D eigenvalue weighted by Crippen LogP contribution is 2.39. The number of hydrogen-bond donors (Lipinski definition) is 5. The van der Waals surface area contributed by atoms with Gasteiger partial charge in [0.05, 0.1) is 43.5 Å². The second-order valence-corrected chi connectivity index (χ2v) is 16.5. The number of fused-ring (bicyclic) bond motifs is 3. The summed E-state index contributed by atoms with van der Waals surface area (Å²) in [5.74, 6) is 1.15. The molecule has 0 spiro atoms. The van der Waals surface area contributed by atoms with Crippen LogP contribution in [0.5, 0.6) is 0 Å². The fourth-order valence-corrected chi connectivity index (χ4v) is 8.82. The summed E-state index contributed by atoms with van der Waals surface area (Å²) in [6.07, 6.45) is 7.74. The molecule has 4 amide bonds. The van der Waals surface area contributed by atoms with E-state index in [-0.39, 0.29) is 41.7 Å². The van der Waals surface area contributed by atoms with Crippen molar-refractivity contribution in [3.05, 3.63) is 71.6 Å². The van der Waals surface area contributed by atoms with E-state index in [4.69, 9.17) is 19.4 Å². The zero-order valence-corrected chi connectivity index (χ0v) is 34.3. The number of imidazole rings is 2. The van der Waals surface area contributed by atoms with E-state index in [2.05, 4.69) is 68.4 Å². The van der Waals surface area contributed by atoms with Gasteiger partial charge < -0.3 is 40.3 Å². The van der Waals surface area contributed by atoms with Crippen LogP contribution in [0, 0.1) is 11.8 Å². The predicted molar refractivity (Wildman–Crippen MR) is 220 cm³/mol. The lowest BCUT2D eigenvalue weighted by Crippen LogP contribution is -2.52. The summed E-state index contributed by atoms with van der Waals surface area (Å²) in [6, 6.07) is 13.5. The molecule has 5 atom stereocenters. The molecule has 58 heavy (non-hydrogen) atoms. The standard InChI is InChI=1S/C44H56N8O6/c1-24(2)36(50-43(55)57-5)41(53)48-32-12-8-11-31(32)39-45-23-34(47-39)27-17-15-26(16-18-27)28-19-20-30-29(22-28)10-7-13-33-38(30)49-40(46-33)35-14-9-21-52(35)42(54)37(25(3)4)51-44(56)58-6/h15-20,22-25,31-32,35-37H,7-14,21H2,1-6H3,(H,45,47)(H,46,49)(H,48,53)(H,50,55)(H,51,56)/t31-,32+,35-,36-,37-/m0/s1. The maximum atomic E-state index is 13.7. The fraction of sp³-hybridized carbons (Fsp3) is 0.500. The number of carbonyl (C=O) groups is 4. The van der Waals surface area contributed by atoms with Crippen LogP contribution in [-0.2, 0) is 31.9 Å². The molecule has 7 rings (SSSR count). The van der Waals surface area contributed by atoms with Gasteiger partial charge in [-0.05, 0) is 79.0 Å². The molecule has 3 heterocycles. The second-order valence-electron chi connectivity index (χ2n) is 16.5. The number of hydrogen-bond acceptors (Lipinski definition) is 8. The van der Waals surface area contributed by atoms with Gasteiger partial charge in [-0.3, -0.25) is 9.59 Å². The Kier molecular flexibility index (Phi) is 12.2. The maximum absolute atomic E-state index is 13.7. The average molecular weight is 793 g/mol. The number of nitrogens with zero attached hydrogens (tertiary/aromatic N) is 3. The molecular weight excluding hydrogens is 737 g/mol. The molecule has 2 aromatic carbocycles. The number of rotatable bonds is 11. The van der Waals surface area contributed by atoms with Crippen molar-refractivity contribution >= 4 is 24.0 Å². The van der Waals surface area contributed by atoms with Crippen LogP contribution in [0.25, 0.3) is 33.6 Å². The third kappa shape index (κ3) is 8.46. The molecule has 4 aromatic rings. The summed E-state index contributed by atoms with van der Waals surface area (Å²) in [7, 11) is 2.59. The first-order chi connectivity index (χ1) is 27.9. The number of H-pyrrole nitrogens is 2. The Morgan fingerprint density at radius 3 is 2.17 bits per heavy atom. The molecule has 14 nitrogen and oxygen atoms in total. The summed E-state index contributed by atoms with van der Waals surface area (Å²) >= 11 is 0. The largest absolute Gasteiger partial charge is 0.453 e. The van der Waals surface area contributed by atoms with Gasteiger partial charge in [0.1, 0.15) is 23.7 Å². The minimum Gasteiger partial charge on any atom is -0.453 e. The zero-order chi connectivity index (χ0) is 41.1. The van der Waals surface area contributed by atoms with E-state index in [9.17, 15) is 19.2 Å². The number of alkyl carbamates (subject to hydrolysis) is 2. The lowest BCUT2D eigenvalue weighted by Gasteiger charge is -2.30. The molecule has 1 saturated heterocycles. The lowest BCUT2D eigenvalue weighted by molar-refractivity contribution is -0.135. The molecule has 0 bridgehead atoms. The monoisotopic (exact) mass is 792 g/mol. The van der Waals surface area contributed by atoms with Crippen LogP contribution in [0.3, 0.4) is 0 Å². The van der Waals surface area contributed by atoms with E-state index in [0.29, 0.717) is 6.54 Å². The Labute approximate surface area is 339 Å². The minimum atomic E-state index is -0.691. The van der Waals surface area contributed by atoms with E-state index < -0.39 is 24.3 Å². The quantitative estimate of drug-likeness (QED) is 0.110. The van der Waals surface area contributed by atoms with Gasteiger partial charge in [0.2, 0.25) is 11.8 Å². The smallest absolute Gasteiger partial charge is 0.407 e. The van der Waals surface area contributed by atoms with E-state index in [0.717, 1.165) is 102 Å². The highest BCUT2D eigenvalue weighted by atomic mass is 16.5. The Bertz CT molecular complexity index is 2120. The molecule has 0 unspecified atom stereocenters. The van der Waals surface area contributed by atoms with E-state index in [1.165, 1.54) is 19.8 Å². The predicted octanol–water partition coefficient (Wildman–Crippen LogP) is 6.80. The Morgan fingerprint density at radius 2 is 1.47 bits per heavy atom. The topological polar surface area (TPSA) is 183 Å². The number of likely N-dealkylation sites (tertiary alicyclic amines) is 1. The SMILES string of the molecule is COC(=O)N[C@H](C(=O)N[C@@H]1CCC[C@@H]1c1ncc(-c2ccc(-c3ccc4c(c3)CCCc3nc([C@@H]5CCCN5C(=O)[C@@H](NC(=O)OC)C(C)C)[nH]c3-4)cc2)[nH]1)C(C)C. The molecule has 1 saturated carbocycles. The van der Waals surface area contributed by atoms with Gasteiger partial charge in [-0.1, -0.05) is 76.6 Å². The Balaban J connectivity index is 1.04. The van der Waals surface area contributed by atoms with Crippen LogP contribution in [0.15, 0.2) is 48.7 Å². The van der Waals surface area contributed by atoms with Gasteiger partial charge >= 0.3 is 12.2 Å². The van der Waals surface area contributed by atoms with Crippen LogP contribution < -0.4 is 16.0 Å². The summed E-state index contributed by atoms with van der Waals surface area (Å²) in [5.41, 5.74) is 8.63. The maximum Gasteiger partial charge on any atom is 0.407 e. The number of aryl methyl sites for hydroxylation is 2. The third-order valence-electron chi connectivity index (χ3n) is 12.0. The number of amides is 4. The molecule has 0 radical (unpaired) electrons. The van der Waals surface area contributed by atoms with E-state index in [1.807, 2.05) is 38.8 Å². The van der Waals surface area contributed by atoms with Crippen molar-refractivity contribution in [2.75, 3.05) is 20.8 Å². The van der Waals surface area contributed by atoms with Crippen molar-refractivity contribution in [2.24, 2.45) is 11.8 Å². The number of methoxy groups -OCH3 is 2. The van der Waals surface area contributed by atoms with Gasteiger partial charge in [0.25, 0.3) is 0 Å². The molecular formula is C44H56N8O6. The van der Waals surface area contributed by atoms with Crippen LogP contribution in [0.1, 0.15) is 101 Å². The number of aromatic amines is 2. The molecule has 5 N–H and O–H groups in total. The molecule has 3 aliphatic rings. The third-order valence-corrected chi connectivity index (χ3v) is 12.0. The van der Waals surface area contributed by atoms with Gasteiger partial charge in [-0.2, -0.15) is 0 Å². The molecule has 1 aliphatic heterocycles. The molecule has 2 aromatic heterocycles. The summed E-state index contributed by atoms with van der Waals surface area (Å²) in [4.78, 5) is 69.7. The van der Waals surface area contributed by atoms with Crippen molar-refractivity contribution in [1.29, 1.82) is 0 Å². The first-order valence-corrected chi connectivity index (χ1v) is 20.6. The number of benzene rings is 2. The van der Waals surface area contributed by atoms with E-state index in [1.54, 1.807) is 0 Å². The first-order valence-electron chi connectivity index (χ1n) is 20.6. The average Bonchev–Trinajstić information content (AvgIpc) is 4.05. The number of carbonyl (C=O) groups excluding carboxylic acids is 4. The van der Waals surface area contributed by atoms with Crippen molar-refractivity contribution < 1.29 is 28.7 Å². The van der Waals surface area contributed by atoms with Crippen LogP contribution in [0.4, 0.5) is 9.59 Å². The number of nitrogens with one attached hydrogen (secondary N) is 5. The van der Waals surface area contributed by atoms with Crippen molar-refractivity contribution in [1.82, 2.24) is 40.8 Å². The van der Waals surface area contributed by atoms with Crippen molar-refractivity contribution in [3.8, 4) is 33.6 Å². The normalized spacial score (nSPS) is 19.9. The van der Waals surface area contributed by atoms with Crippen molar-refractivity contribution in [2.45, 2.75) is 109 Å². The number of ether oxygens (including phenoxy) is 2. The zero-order valence-electron chi connectivity index (χ0n) is 34.3. The van der Waals surface area contributed by atoms with Crippen LogP contribution in [0.2, 0.25) is 0 Å². The highest BCUT2D eigenvalue weighted by Gasteiger charge is 2.39. The number of aromatic nitrogens is 4. The van der Waals surface area contributed by atoms with Crippen LogP contribution in [-0.4, -0.2) is 87.7 Å². The van der Waals surface area contributed by atoms with Gasteiger partial charge in [0.15, 0.2) is 0 Å². The fourth-order valence-electron chi connectivity index (χ4n) is 8.82. The summed E-state index contributed by atoms with van der Waals surface area (Å²) < 4.78 is 9.53.